The smallest absolute Gasteiger partial charge is 0.266 e. The van der Waals surface area contributed by atoms with Gasteiger partial charge in [0, 0.05) is 15.1 Å². The molecule has 0 atom stereocenters. The number of fused-ring (bicyclic) bond motifs is 1. The van der Waals surface area contributed by atoms with Crippen LogP contribution in [0.4, 0.5) is 0 Å². The normalized spacial score (nSPS) is 12.2. The summed E-state index contributed by atoms with van der Waals surface area (Å²) >= 11 is 10.8. The molecule has 0 aliphatic rings. The molecule has 0 aliphatic heterocycles. The second-order valence-corrected chi connectivity index (χ2v) is 7.38. The fraction of sp³-hybridized carbons (Fsp3) is 0. The van der Waals surface area contributed by atoms with Crippen LogP contribution in [-0.4, -0.2) is 14.6 Å². The monoisotopic (exact) mass is 417 g/mol. The predicted molar refractivity (Wildman–Crippen MR) is 101 cm³/mol. The first-order chi connectivity index (χ1) is 11.6. The minimum absolute atomic E-state index is 0.180. The molecular formula is C17H9BrClN3OS. The van der Waals surface area contributed by atoms with Crippen LogP contribution in [0.5, 0.6) is 0 Å². The lowest BCUT2D eigenvalue weighted by atomic mass is 10.2. The molecule has 4 nitrogen and oxygen atoms in total. The van der Waals surface area contributed by atoms with E-state index in [-0.39, 0.29) is 5.56 Å². The van der Waals surface area contributed by atoms with Crippen LogP contribution in [0.25, 0.3) is 22.4 Å². The SMILES string of the molecule is O=c1c(=Cc2cccc(Cl)c2)sc2nc(-c3ccccc3Br)nn12. The van der Waals surface area contributed by atoms with E-state index in [0.29, 0.717) is 20.3 Å². The fourth-order valence-electron chi connectivity index (χ4n) is 2.34. The van der Waals surface area contributed by atoms with E-state index in [1.807, 2.05) is 42.5 Å². The molecule has 0 saturated heterocycles. The lowest BCUT2D eigenvalue weighted by molar-refractivity contribution is 0.936. The maximum Gasteiger partial charge on any atom is 0.291 e. The van der Waals surface area contributed by atoms with Crippen molar-refractivity contribution >= 4 is 49.9 Å². The molecule has 0 radical (unpaired) electrons. The van der Waals surface area contributed by atoms with Gasteiger partial charge in [-0.05, 0) is 35.9 Å². The Bertz CT molecular complexity index is 1170. The van der Waals surface area contributed by atoms with Gasteiger partial charge in [-0.2, -0.15) is 9.50 Å². The number of benzene rings is 2. The Balaban J connectivity index is 1.85. The molecule has 0 saturated carbocycles. The first-order valence-electron chi connectivity index (χ1n) is 7.03. The molecule has 0 aliphatic carbocycles. The molecule has 0 spiro atoms. The van der Waals surface area contributed by atoms with Gasteiger partial charge in [0.05, 0.1) is 4.53 Å². The van der Waals surface area contributed by atoms with Crippen molar-refractivity contribution in [2.75, 3.05) is 0 Å². The quantitative estimate of drug-likeness (QED) is 0.498. The zero-order chi connectivity index (χ0) is 16.7. The number of thiazole rings is 1. The Labute approximate surface area is 154 Å². The van der Waals surface area contributed by atoms with Crippen LogP contribution >= 0.6 is 38.9 Å². The number of rotatable bonds is 2. The van der Waals surface area contributed by atoms with Crippen molar-refractivity contribution in [3.63, 3.8) is 0 Å². The molecular weight excluding hydrogens is 410 g/mol. The van der Waals surface area contributed by atoms with Crippen LogP contribution < -0.4 is 10.1 Å². The summed E-state index contributed by atoms with van der Waals surface area (Å²) in [6, 6.07) is 15.0. The fourth-order valence-corrected chi connectivity index (χ4v) is 3.91. The molecule has 0 unspecified atom stereocenters. The largest absolute Gasteiger partial charge is 0.291 e. The summed E-state index contributed by atoms with van der Waals surface area (Å²) in [5.74, 6) is 0.528. The number of hydrogen-bond donors (Lipinski definition) is 0. The summed E-state index contributed by atoms with van der Waals surface area (Å²) in [5, 5.41) is 4.98. The standard InChI is InChI=1S/C17H9BrClN3OS/c18-13-7-2-1-6-12(13)15-20-17-22(21-15)16(23)14(24-17)9-10-4-3-5-11(19)8-10/h1-9H. The molecule has 24 heavy (non-hydrogen) atoms. The molecule has 2 aromatic carbocycles. The third-order valence-electron chi connectivity index (χ3n) is 3.44. The maximum atomic E-state index is 12.5. The van der Waals surface area contributed by atoms with E-state index in [0.717, 1.165) is 15.6 Å². The van der Waals surface area contributed by atoms with E-state index in [4.69, 9.17) is 11.6 Å². The molecule has 0 amide bonds. The summed E-state index contributed by atoms with van der Waals surface area (Å²) in [7, 11) is 0. The number of nitrogens with zero attached hydrogens (tertiary/aromatic N) is 3. The highest BCUT2D eigenvalue weighted by atomic mass is 79.9. The number of aromatic nitrogens is 3. The van der Waals surface area contributed by atoms with E-state index in [9.17, 15) is 4.79 Å². The third kappa shape index (κ3) is 2.77. The molecule has 7 heteroatoms. The minimum Gasteiger partial charge on any atom is -0.266 e. The second-order valence-electron chi connectivity index (χ2n) is 5.08. The predicted octanol–water partition coefficient (Wildman–Crippen LogP) is 3.78. The van der Waals surface area contributed by atoms with Crippen LogP contribution in [0.2, 0.25) is 5.02 Å². The number of hydrogen-bond acceptors (Lipinski definition) is 4. The van der Waals surface area contributed by atoms with Crippen molar-refractivity contribution in [1.29, 1.82) is 0 Å². The van der Waals surface area contributed by atoms with Gasteiger partial charge in [-0.25, -0.2) is 0 Å². The Morgan fingerprint density at radius 3 is 2.75 bits per heavy atom. The Hall–Kier alpha value is -2.02. The summed E-state index contributed by atoms with van der Waals surface area (Å²) in [6.45, 7) is 0. The van der Waals surface area contributed by atoms with Gasteiger partial charge in [-0.3, -0.25) is 4.79 Å². The van der Waals surface area contributed by atoms with Gasteiger partial charge in [-0.15, -0.1) is 5.10 Å². The van der Waals surface area contributed by atoms with E-state index >= 15 is 0 Å². The maximum absolute atomic E-state index is 12.5. The van der Waals surface area contributed by atoms with E-state index in [1.54, 1.807) is 12.1 Å². The molecule has 2 aromatic heterocycles. The van der Waals surface area contributed by atoms with Crippen LogP contribution in [0, 0.1) is 0 Å². The Kier molecular flexibility index (Phi) is 3.96. The molecule has 2 heterocycles. The molecule has 4 rings (SSSR count). The van der Waals surface area contributed by atoms with Gasteiger partial charge in [-0.1, -0.05) is 63.1 Å². The summed E-state index contributed by atoms with van der Waals surface area (Å²) in [4.78, 5) is 17.6. The van der Waals surface area contributed by atoms with Gasteiger partial charge in [0.15, 0.2) is 5.82 Å². The summed E-state index contributed by atoms with van der Waals surface area (Å²) < 4.78 is 2.81. The van der Waals surface area contributed by atoms with Gasteiger partial charge in [0.1, 0.15) is 0 Å². The minimum atomic E-state index is -0.180. The highest BCUT2D eigenvalue weighted by molar-refractivity contribution is 9.10. The third-order valence-corrected chi connectivity index (χ3v) is 5.33. The Morgan fingerprint density at radius 2 is 2.00 bits per heavy atom. The second kappa shape index (κ2) is 6.12. The van der Waals surface area contributed by atoms with Gasteiger partial charge in [0.25, 0.3) is 5.56 Å². The van der Waals surface area contributed by atoms with Gasteiger partial charge in [0.2, 0.25) is 4.96 Å². The van der Waals surface area contributed by atoms with Crippen LogP contribution in [0.15, 0.2) is 57.8 Å². The molecule has 118 valence electrons. The highest BCUT2D eigenvalue weighted by Crippen LogP contribution is 2.25. The zero-order valence-electron chi connectivity index (χ0n) is 12.1. The van der Waals surface area contributed by atoms with Crippen molar-refractivity contribution in [2.45, 2.75) is 0 Å². The van der Waals surface area contributed by atoms with Crippen LogP contribution in [-0.2, 0) is 0 Å². The van der Waals surface area contributed by atoms with Crippen molar-refractivity contribution < 1.29 is 0 Å². The average Bonchev–Trinajstić information content (AvgIpc) is 3.08. The summed E-state index contributed by atoms with van der Waals surface area (Å²) in [5.41, 5.74) is 1.55. The molecule has 0 bridgehead atoms. The van der Waals surface area contributed by atoms with Crippen molar-refractivity contribution in [1.82, 2.24) is 14.6 Å². The van der Waals surface area contributed by atoms with Crippen molar-refractivity contribution in [3.05, 3.63) is 78.5 Å². The lowest BCUT2D eigenvalue weighted by Crippen LogP contribution is -2.23. The lowest BCUT2D eigenvalue weighted by Gasteiger charge is -1.97. The van der Waals surface area contributed by atoms with Crippen molar-refractivity contribution in [2.24, 2.45) is 0 Å². The topological polar surface area (TPSA) is 47.3 Å². The molecule has 0 fully saturated rings. The number of halogens is 2. The highest BCUT2D eigenvalue weighted by Gasteiger charge is 2.13. The first kappa shape index (κ1) is 15.5. The van der Waals surface area contributed by atoms with E-state index < -0.39 is 0 Å². The van der Waals surface area contributed by atoms with Crippen LogP contribution in [0.1, 0.15) is 5.56 Å². The molecule has 0 N–H and O–H groups in total. The zero-order valence-corrected chi connectivity index (χ0v) is 15.3. The first-order valence-corrected chi connectivity index (χ1v) is 9.02. The van der Waals surface area contributed by atoms with Crippen molar-refractivity contribution in [3.8, 4) is 11.4 Å². The Morgan fingerprint density at radius 1 is 1.17 bits per heavy atom. The van der Waals surface area contributed by atoms with E-state index in [1.165, 1.54) is 15.9 Å². The average molecular weight is 419 g/mol. The van der Waals surface area contributed by atoms with Gasteiger partial charge < -0.3 is 0 Å². The van der Waals surface area contributed by atoms with E-state index in [2.05, 4.69) is 26.0 Å². The molecule has 4 aromatic rings. The van der Waals surface area contributed by atoms with Gasteiger partial charge >= 0.3 is 0 Å². The van der Waals surface area contributed by atoms with Crippen LogP contribution in [0.3, 0.4) is 0 Å². The summed E-state index contributed by atoms with van der Waals surface area (Å²) in [6.07, 6.45) is 1.80.